The smallest absolute Gasteiger partial charge is 0.198 e. The lowest BCUT2D eigenvalue weighted by molar-refractivity contribution is 0.0975. The van der Waals surface area contributed by atoms with Gasteiger partial charge in [-0.2, -0.15) is 0 Å². The van der Waals surface area contributed by atoms with Crippen LogP contribution in [-0.4, -0.2) is 52.6 Å². The number of carbonyl (C=O) groups is 2. The number of nitrogens with two attached hydrogens (primary N) is 1. The fraction of sp³-hybridized carbons (Fsp3) is 0.310. The van der Waals surface area contributed by atoms with Gasteiger partial charge in [-0.05, 0) is 42.3 Å². The highest BCUT2D eigenvalue weighted by Crippen LogP contribution is 2.68. The predicted molar refractivity (Wildman–Crippen MR) is 137 cm³/mol. The van der Waals surface area contributed by atoms with E-state index < -0.39 is 34.9 Å². The molecule has 0 aromatic heterocycles. The number of allylic oxidation sites excluding steroid dienone is 2. The van der Waals surface area contributed by atoms with Crippen molar-refractivity contribution in [3.63, 3.8) is 0 Å². The minimum atomic E-state index is -1.34. The van der Waals surface area contributed by atoms with Gasteiger partial charge in [0.05, 0.1) is 16.8 Å². The van der Waals surface area contributed by atoms with Crippen LogP contribution in [0.2, 0.25) is 0 Å². The number of hydrogen-bond acceptors (Lipinski definition) is 8. The van der Waals surface area contributed by atoms with E-state index in [9.17, 15) is 19.8 Å². The van der Waals surface area contributed by atoms with Gasteiger partial charge in [-0.25, -0.2) is 0 Å². The second-order valence-corrected chi connectivity index (χ2v) is 9.88. The monoisotopic (exact) mass is 495 g/mol. The second-order valence-electron chi connectivity index (χ2n) is 9.88. The van der Waals surface area contributed by atoms with Gasteiger partial charge >= 0.3 is 0 Å². The molecule has 2 aliphatic heterocycles. The van der Waals surface area contributed by atoms with Crippen LogP contribution in [0.3, 0.4) is 0 Å². The van der Waals surface area contributed by atoms with E-state index in [1.165, 1.54) is 6.07 Å². The topological polar surface area (TPSA) is 137 Å². The highest BCUT2D eigenvalue weighted by atomic mass is 16.6. The summed E-state index contributed by atoms with van der Waals surface area (Å²) in [6, 6.07) is 5.71. The average molecular weight is 496 g/mol. The number of ether oxygens (including phenoxy) is 1. The third kappa shape index (κ3) is 2.92. The van der Waals surface area contributed by atoms with Crippen molar-refractivity contribution in [2.75, 3.05) is 23.7 Å². The Morgan fingerprint density at radius 2 is 1.84 bits per heavy atom. The molecule has 2 aromatic rings. The molecule has 1 saturated heterocycles. The molecule has 6 rings (SSSR count). The van der Waals surface area contributed by atoms with Gasteiger partial charge in [-0.1, -0.05) is 37.5 Å². The summed E-state index contributed by atoms with van der Waals surface area (Å²) in [5, 5.41) is 28.9. The Kier molecular flexibility index (Phi) is 5.02. The number of ketones is 2. The SMILES string of the molecule is CC(C)[C@@]12O[C@]13c1cc(O)c4c(c1N[C@H]2C#C/C=C\C#C[C@H]3O)C(=O)c1ccc(NCCN)cc1C4=O. The summed E-state index contributed by atoms with van der Waals surface area (Å²) < 4.78 is 6.41. The molecule has 0 spiro atoms. The van der Waals surface area contributed by atoms with Crippen molar-refractivity contribution in [3.8, 4) is 29.4 Å². The van der Waals surface area contributed by atoms with E-state index in [1.54, 1.807) is 30.4 Å². The zero-order chi connectivity index (χ0) is 26.1. The summed E-state index contributed by atoms with van der Waals surface area (Å²) in [6.45, 7) is 4.83. The first-order valence-electron chi connectivity index (χ1n) is 12.2. The number of aliphatic hydroxyl groups is 1. The van der Waals surface area contributed by atoms with Gasteiger partial charge in [0, 0.05) is 35.5 Å². The molecule has 186 valence electrons. The highest BCUT2D eigenvalue weighted by molar-refractivity contribution is 6.31. The minimum absolute atomic E-state index is 0.0435. The number of phenolic OH excluding ortho intramolecular Hbond substituents is 1. The molecule has 8 nitrogen and oxygen atoms in total. The summed E-state index contributed by atoms with van der Waals surface area (Å²) >= 11 is 0. The standard InChI is InChI=1S/C29H25N3O5/c1-15(2)28-21-7-5-3-4-6-8-22(34)29(28,37-28)19-14-20(33)23-24(25(19)32-21)26(35)17-10-9-16(31-12-11-30)13-18(17)27(23)36/h3-4,9-10,13-15,21-22,31-34H,11-12,30H2,1-2H3/b4-3-/t21-,22+,28-,29-/m0/s1. The molecule has 2 heterocycles. The van der Waals surface area contributed by atoms with E-state index >= 15 is 0 Å². The maximum absolute atomic E-state index is 13.9. The normalized spacial score (nSPS) is 28.7. The van der Waals surface area contributed by atoms with Crippen LogP contribution in [0.1, 0.15) is 51.3 Å². The van der Waals surface area contributed by atoms with E-state index in [4.69, 9.17) is 10.5 Å². The van der Waals surface area contributed by atoms with Crippen LogP contribution in [0.4, 0.5) is 11.4 Å². The first-order valence-corrected chi connectivity index (χ1v) is 12.2. The molecule has 6 N–H and O–H groups in total. The van der Waals surface area contributed by atoms with Crippen LogP contribution in [0, 0.1) is 29.6 Å². The van der Waals surface area contributed by atoms with Crippen molar-refractivity contribution >= 4 is 22.9 Å². The number of aromatic hydroxyl groups is 1. The summed E-state index contributed by atoms with van der Waals surface area (Å²) in [5.41, 5.74) is 4.99. The van der Waals surface area contributed by atoms with E-state index in [0.717, 1.165) is 0 Å². The van der Waals surface area contributed by atoms with Gasteiger partial charge < -0.3 is 31.3 Å². The number of benzene rings is 2. The molecule has 0 amide bonds. The minimum Gasteiger partial charge on any atom is -0.507 e. The lowest BCUT2D eigenvalue weighted by Crippen LogP contribution is -2.52. The van der Waals surface area contributed by atoms with Crippen molar-refractivity contribution in [2.24, 2.45) is 11.7 Å². The van der Waals surface area contributed by atoms with Crippen molar-refractivity contribution in [1.82, 2.24) is 0 Å². The van der Waals surface area contributed by atoms with Gasteiger partial charge in [0.15, 0.2) is 23.3 Å². The fourth-order valence-electron chi connectivity index (χ4n) is 6.01. The number of nitrogens with one attached hydrogen (secondary N) is 2. The molecule has 0 radical (unpaired) electrons. The van der Waals surface area contributed by atoms with Gasteiger partial charge in [-0.15, -0.1) is 0 Å². The van der Waals surface area contributed by atoms with E-state index in [1.807, 2.05) is 13.8 Å². The van der Waals surface area contributed by atoms with Crippen LogP contribution < -0.4 is 16.4 Å². The van der Waals surface area contributed by atoms with Gasteiger partial charge in [0.25, 0.3) is 0 Å². The van der Waals surface area contributed by atoms with Crippen molar-refractivity contribution in [2.45, 2.75) is 37.2 Å². The largest absolute Gasteiger partial charge is 0.507 e. The zero-order valence-electron chi connectivity index (χ0n) is 20.3. The highest BCUT2D eigenvalue weighted by Gasteiger charge is 2.81. The Morgan fingerprint density at radius 3 is 2.57 bits per heavy atom. The number of aliphatic hydroxyl groups excluding tert-OH is 1. The van der Waals surface area contributed by atoms with Crippen molar-refractivity contribution in [3.05, 3.63) is 64.2 Å². The van der Waals surface area contributed by atoms with Gasteiger partial charge in [-0.3, -0.25) is 9.59 Å². The molecule has 1 fully saturated rings. The van der Waals surface area contributed by atoms with Crippen LogP contribution in [0.5, 0.6) is 5.75 Å². The third-order valence-electron chi connectivity index (χ3n) is 7.67. The number of hydrogen-bond donors (Lipinski definition) is 5. The molecule has 2 aromatic carbocycles. The van der Waals surface area contributed by atoms with E-state index in [0.29, 0.717) is 30.0 Å². The summed E-state index contributed by atoms with van der Waals surface area (Å²) in [7, 11) is 0. The van der Waals surface area contributed by atoms with Crippen LogP contribution >= 0.6 is 0 Å². The number of anilines is 2. The first-order chi connectivity index (χ1) is 17.8. The Balaban J connectivity index is 1.59. The summed E-state index contributed by atoms with van der Waals surface area (Å²) in [5.74, 6) is 10.4. The first kappa shape index (κ1) is 23.3. The second kappa shape index (κ2) is 7.96. The van der Waals surface area contributed by atoms with Crippen LogP contribution in [0.25, 0.3) is 0 Å². The molecule has 4 aliphatic rings. The maximum Gasteiger partial charge on any atom is 0.198 e. The molecule has 4 atom stereocenters. The lowest BCUT2D eigenvalue weighted by atomic mass is 9.67. The van der Waals surface area contributed by atoms with Gasteiger partial charge in [0.2, 0.25) is 0 Å². The Bertz CT molecular complexity index is 1550. The van der Waals surface area contributed by atoms with Crippen LogP contribution in [-0.2, 0) is 10.3 Å². The van der Waals surface area contributed by atoms with Gasteiger partial charge in [0.1, 0.15) is 17.4 Å². The number of fused-ring (bicyclic) bond motifs is 4. The number of rotatable bonds is 4. The van der Waals surface area contributed by atoms with E-state index in [-0.39, 0.29) is 33.9 Å². The predicted octanol–water partition coefficient (Wildman–Crippen LogP) is 1.89. The number of phenols is 1. The molecule has 0 unspecified atom stereocenters. The summed E-state index contributed by atoms with van der Waals surface area (Å²) in [6.07, 6.45) is 1.88. The molecule has 37 heavy (non-hydrogen) atoms. The third-order valence-corrected chi connectivity index (χ3v) is 7.67. The lowest BCUT2D eigenvalue weighted by Gasteiger charge is -2.38. The average Bonchev–Trinajstić information content (AvgIpc) is 3.61. The summed E-state index contributed by atoms with van der Waals surface area (Å²) in [4.78, 5) is 27.5. The zero-order valence-corrected chi connectivity index (χ0v) is 20.3. The number of epoxide rings is 1. The van der Waals surface area contributed by atoms with E-state index in [2.05, 4.69) is 34.3 Å². The van der Waals surface area contributed by atoms with Crippen molar-refractivity contribution < 1.29 is 24.5 Å². The molecule has 2 aliphatic carbocycles. The number of carbonyl (C=O) groups excluding carboxylic acids is 2. The Hall–Kier alpha value is -4.08. The molecular formula is C29H25N3O5. The fourth-order valence-corrected chi connectivity index (χ4v) is 6.01. The molecule has 2 bridgehead atoms. The quantitative estimate of drug-likeness (QED) is 0.210. The Labute approximate surface area is 213 Å². The molecule has 8 heteroatoms. The molecular weight excluding hydrogens is 470 g/mol. The Morgan fingerprint density at radius 1 is 1.11 bits per heavy atom. The van der Waals surface area contributed by atoms with Crippen molar-refractivity contribution in [1.29, 1.82) is 0 Å². The maximum atomic E-state index is 13.9. The molecule has 0 saturated carbocycles. The van der Waals surface area contributed by atoms with Crippen LogP contribution in [0.15, 0.2) is 36.4 Å².